The fourth-order valence-corrected chi connectivity index (χ4v) is 6.90. The van der Waals surface area contributed by atoms with Crippen LogP contribution in [0.1, 0.15) is 22.8 Å². The van der Waals surface area contributed by atoms with Crippen molar-refractivity contribution in [3.8, 4) is 0 Å². The Hall–Kier alpha value is -5.24. The molecule has 8 aliphatic rings. The first-order valence-electron chi connectivity index (χ1n) is 13.2. The van der Waals surface area contributed by atoms with Crippen LogP contribution in [0.2, 0.25) is 0 Å². The third-order valence-electron chi connectivity index (χ3n) is 8.65. The predicted molar refractivity (Wildman–Crippen MR) is 147 cm³/mol. The Kier molecular flexibility index (Phi) is 3.92. The molecular formula is C32H18N4O4. The minimum atomic E-state index is -0.633. The molecule has 0 amide bonds. The lowest BCUT2D eigenvalue weighted by Crippen LogP contribution is -2.37. The van der Waals surface area contributed by atoms with E-state index in [-0.39, 0.29) is 0 Å². The zero-order valence-electron chi connectivity index (χ0n) is 20.8. The van der Waals surface area contributed by atoms with Crippen LogP contribution in [-0.2, 0) is 19.2 Å². The van der Waals surface area contributed by atoms with Gasteiger partial charge in [0.1, 0.15) is 0 Å². The predicted octanol–water partition coefficient (Wildman–Crippen LogP) is 4.04. The van der Waals surface area contributed by atoms with E-state index in [9.17, 15) is 19.2 Å². The maximum Gasteiger partial charge on any atom is 0.210 e. The van der Waals surface area contributed by atoms with Crippen LogP contribution >= 0.6 is 0 Å². The molecule has 5 heterocycles. The summed E-state index contributed by atoms with van der Waals surface area (Å²) in [7, 11) is 0. The van der Waals surface area contributed by atoms with Crippen molar-refractivity contribution in [3.63, 3.8) is 0 Å². The Morgan fingerprint density at radius 1 is 0.425 bits per heavy atom. The van der Waals surface area contributed by atoms with E-state index >= 15 is 0 Å². The van der Waals surface area contributed by atoms with Gasteiger partial charge in [-0.1, -0.05) is 24.3 Å². The number of ketones is 4. The van der Waals surface area contributed by atoms with E-state index in [4.69, 9.17) is 9.97 Å². The van der Waals surface area contributed by atoms with Gasteiger partial charge in [-0.3, -0.25) is 19.2 Å². The number of Topliss-reactive ketones (excluding diaryl/α,β-unsaturated/α-hetero) is 4. The Balaban J connectivity index is 1.34. The smallest absolute Gasteiger partial charge is 0.210 e. The summed E-state index contributed by atoms with van der Waals surface area (Å²) in [5, 5.41) is 0. The van der Waals surface area contributed by atoms with Gasteiger partial charge in [0.15, 0.2) is 0 Å². The van der Waals surface area contributed by atoms with Gasteiger partial charge in [0.05, 0.1) is 46.4 Å². The van der Waals surface area contributed by atoms with Gasteiger partial charge in [0.25, 0.3) is 0 Å². The van der Waals surface area contributed by atoms with Crippen molar-refractivity contribution in [3.05, 3.63) is 95.6 Å². The van der Waals surface area contributed by atoms with Crippen molar-refractivity contribution in [2.45, 2.75) is 0 Å². The van der Waals surface area contributed by atoms with Crippen LogP contribution in [0.25, 0.3) is 44.4 Å². The normalized spacial score (nSPS) is 25.8. The number of aromatic nitrogens is 4. The van der Waals surface area contributed by atoms with Crippen LogP contribution in [0, 0.1) is 23.7 Å². The molecule has 0 radical (unpaired) electrons. The summed E-state index contributed by atoms with van der Waals surface area (Å²) in [4.78, 5) is 67.8. The zero-order valence-corrected chi connectivity index (χ0v) is 20.8. The molecule has 6 aliphatic carbocycles. The Labute approximate surface area is 225 Å². The molecule has 0 spiro atoms. The molecule has 0 fully saturated rings. The summed E-state index contributed by atoms with van der Waals surface area (Å²) in [6.07, 6.45) is 7.25. The lowest BCUT2D eigenvalue weighted by molar-refractivity contribution is -0.138. The van der Waals surface area contributed by atoms with Crippen molar-refractivity contribution >= 4 is 67.5 Å². The summed E-state index contributed by atoms with van der Waals surface area (Å²) in [5.74, 6) is -4.11. The second-order valence-corrected chi connectivity index (χ2v) is 10.9. The first kappa shape index (κ1) is 21.7. The van der Waals surface area contributed by atoms with Crippen LogP contribution in [0.4, 0.5) is 0 Å². The van der Waals surface area contributed by atoms with Crippen LogP contribution in [0.3, 0.4) is 0 Å². The van der Waals surface area contributed by atoms with Crippen molar-refractivity contribution in [1.82, 2.24) is 19.9 Å². The number of nitrogens with zero attached hydrogens (tertiary/aromatic N) is 2. The maximum absolute atomic E-state index is 12.8. The fraction of sp³-hybridized carbons (Fsp3) is 0.125. The molecule has 12 bridgehead atoms. The van der Waals surface area contributed by atoms with Gasteiger partial charge in [-0.25, -0.2) is 9.97 Å². The fourth-order valence-electron chi connectivity index (χ4n) is 6.90. The van der Waals surface area contributed by atoms with E-state index in [1.807, 2.05) is 72.8 Å². The van der Waals surface area contributed by atoms with E-state index in [1.54, 1.807) is 0 Å². The largest absolute Gasteiger partial charge is 0.355 e. The van der Waals surface area contributed by atoms with Gasteiger partial charge in [0.2, 0.25) is 23.1 Å². The zero-order chi connectivity index (χ0) is 26.9. The standard InChI is InChI=1S/C32H18N4O4/c37-29-17-5-6-19(31(29)39)27-23-11-15-3-4-16(34-15)12-24-28-20-8-7-18(30(38)32(20)40)26(28)22(36-24)10-14-2-1-13(33-14)9-21(35-23)25(17)27/h1-12,17-20,33-34H. The molecule has 0 saturated heterocycles. The average molecular weight is 523 g/mol. The van der Waals surface area contributed by atoms with Crippen LogP contribution < -0.4 is 0 Å². The average Bonchev–Trinajstić information content (AvgIpc) is 3.73. The number of H-pyrrole nitrogens is 2. The molecule has 190 valence electrons. The van der Waals surface area contributed by atoms with Crippen LogP contribution in [-0.4, -0.2) is 43.1 Å². The highest BCUT2D eigenvalue weighted by atomic mass is 16.2. The van der Waals surface area contributed by atoms with Crippen LogP contribution in [0.5, 0.6) is 0 Å². The number of hydrogen-bond donors (Lipinski definition) is 2. The third-order valence-corrected chi connectivity index (χ3v) is 8.65. The van der Waals surface area contributed by atoms with Gasteiger partial charge in [-0.2, -0.15) is 0 Å². The first-order valence-corrected chi connectivity index (χ1v) is 13.2. The number of rotatable bonds is 0. The topological polar surface area (TPSA) is 126 Å². The van der Waals surface area contributed by atoms with Gasteiger partial charge >= 0.3 is 0 Å². The van der Waals surface area contributed by atoms with Crippen molar-refractivity contribution in [2.24, 2.45) is 23.7 Å². The van der Waals surface area contributed by atoms with E-state index in [2.05, 4.69) is 9.97 Å². The van der Waals surface area contributed by atoms with E-state index in [0.29, 0.717) is 22.8 Å². The quantitative estimate of drug-likeness (QED) is 0.339. The molecule has 11 rings (SSSR count). The molecule has 2 aliphatic heterocycles. The highest BCUT2D eigenvalue weighted by Gasteiger charge is 2.48. The van der Waals surface area contributed by atoms with Crippen molar-refractivity contribution in [1.29, 1.82) is 0 Å². The SMILES string of the molecule is O=C1C(=O)C2C=CC1C1=C2c2cc3ccc(cc4nc(cc5ccc(cc1n2)[nH]5)C1=C4C2C=CC1C(=O)C2=O)[nH]3. The molecule has 8 nitrogen and oxygen atoms in total. The highest BCUT2D eigenvalue weighted by Crippen LogP contribution is 2.50. The monoisotopic (exact) mass is 522 g/mol. The van der Waals surface area contributed by atoms with Crippen molar-refractivity contribution < 1.29 is 19.2 Å². The molecule has 2 N–H and O–H groups in total. The number of carbonyl (C=O) groups is 4. The molecule has 40 heavy (non-hydrogen) atoms. The Morgan fingerprint density at radius 3 is 0.925 bits per heavy atom. The number of fused-ring (bicyclic) bond motifs is 10. The first-order chi connectivity index (χ1) is 19.4. The summed E-state index contributed by atoms with van der Waals surface area (Å²) in [6.45, 7) is 0. The van der Waals surface area contributed by atoms with Gasteiger partial charge in [-0.15, -0.1) is 0 Å². The lowest BCUT2D eigenvalue weighted by atomic mass is 9.69. The summed E-state index contributed by atoms with van der Waals surface area (Å²) >= 11 is 0. The number of allylic oxidation sites excluding steroid dienone is 8. The summed E-state index contributed by atoms with van der Waals surface area (Å²) in [5.41, 5.74) is 8.84. The molecule has 8 heteroatoms. The third kappa shape index (κ3) is 2.69. The van der Waals surface area contributed by atoms with E-state index in [1.165, 1.54) is 0 Å². The summed E-state index contributed by atoms with van der Waals surface area (Å²) < 4.78 is 0. The number of aromatic amines is 2. The highest BCUT2D eigenvalue weighted by molar-refractivity contribution is 6.48. The van der Waals surface area contributed by atoms with Gasteiger partial charge in [-0.05, 0) is 70.8 Å². The van der Waals surface area contributed by atoms with Crippen molar-refractivity contribution in [2.75, 3.05) is 0 Å². The lowest BCUT2D eigenvalue weighted by Gasteiger charge is -2.30. The number of hydrogen-bond acceptors (Lipinski definition) is 6. The Morgan fingerprint density at radius 2 is 0.675 bits per heavy atom. The molecular weight excluding hydrogens is 504 g/mol. The van der Waals surface area contributed by atoms with E-state index in [0.717, 1.165) is 44.4 Å². The number of nitrogens with one attached hydrogen (secondary N) is 2. The molecule has 3 aromatic rings. The molecule has 0 saturated carbocycles. The molecule has 0 aromatic carbocycles. The molecule has 4 unspecified atom stereocenters. The maximum atomic E-state index is 12.8. The minimum absolute atomic E-state index is 0.393. The second kappa shape index (κ2) is 7.24. The number of carbonyl (C=O) groups excluding carboxylic acids is 4. The van der Waals surface area contributed by atoms with Gasteiger partial charge < -0.3 is 9.97 Å². The van der Waals surface area contributed by atoms with E-state index < -0.39 is 46.8 Å². The second-order valence-electron chi connectivity index (χ2n) is 10.9. The summed E-state index contributed by atoms with van der Waals surface area (Å²) in [6, 6.07) is 15.2. The minimum Gasteiger partial charge on any atom is -0.355 e. The molecule has 3 aromatic heterocycles. The Bertz CT molecular complexity index is 1830. The molecule has 4 atom stereocenters. The van der Waals surface area contributed by atoms with Crippen LogP contribution in [0.15, 0.2) is 72.8 Å². The van der Waals surface area contributed by atoms with Gasteiger partial charge in [0, 0.05) is 22.1 Å².